The summed E-state index contributed by atoms with van der Waals surface area (Å²) in [6.45, 7) is 0.0741. The van der Waals surface area contributed by atoms with E-state index in [1.807, 2.05) is 54.6 Å². The van der Waals surface area contributed by atoms with Crippen molar-refractivity contribution in [2.45, 2.75) is 12.6 Å². The van der Waals surface area contributed by atoms with Crippen LogP contribution in [0.1, 0.15) is 27.0 Å². The lowest BCUT2D eigenvalue weighted by molar-refractivity contribution is 0.0567. The van der Waals surface area contributed by atoms with E-state index in [2.05, 4.69) is 20.9 Å². The monoisotopic (exact) mass is 526 g/mol. The number of carbonyl (C=O) groups is 1. The number of rotatable bonds is 8. The molecule has 0 aliphatic rings. The quantitative estimate of drug-likeness (QED) is 0.330. The molecule has 1 N–H and O–H groups in total. The molecular formula is C25H23BrN2O4S. The van der Waals surface area contributed by atoms with Gasteiger partial charge in [-0.25, -0.2) is 4.98 Å². The summed E-state index contributed by atoms with van der Waals surface area (Å²) in [5.41, 5.74) is 1.15. The molecular weight excluding hydrogens is 504 g/mol. The maximum Gasteiger partial charge on any atom is 0.273 e. The van der Waals surface area contributed by atoms with Crippen molar-refractivity contribution in [2.24, 2.45) is 0 Å². The van der Waals surface area contributed by atoms with Gasteiger partial charge in [0.25, 0.3) is 5.91 Å². The number of aromatic nitrogens is 1. The molecule has 0 saturated heterocycles. The molecule has 2 aromatic heterocycles. The second kappa shape index (κ2) is 10.3. The number of methoxy groups -OCH3 is 2. The van der Waals surface area contributed by atoms with Gasteiger partial charge in [-0.1, -0.05) is 30.3 Å². The van der Waals surface area contributed by atoms with Crippen LogP contribution in [-0.4, -0.2) is 41.7 Å². The number of pyridine rings is 1. The Bertz CT molecular complexity index is 1230. The van der Waals surface area contributed by atoms with E-state index in [4.69, 9.17) is 9.47 Å². The lowest BCUT2D eigenvalue weighted by Crippen LogP contribution is -2.36. The predicted octanol–water partition coefficient (Wildman–Crippen LogP) is 5.45. The summed E-state index contributed by atoms with van der Waals surface area (Å²) >= 11 is 4.95. The van der Waals surface area contributed by atoms with Gasteiger partial charge < -0.3 is 19.5 Å². The Kier molecular flexibility index (Phi) is 7.27. The SMILES string of the molecule is COc1ccc(CN(C(=O)c2ccc(Br)c(OC)n2)C(CO)c2cc3ccccc3s2)cc1. The van der Waals surface area contributed by atoms with E-state index in [0.29, 0.717) is 16.9 Å². The van der Waals surface area contributed by atoms with Gasteiger partial charge in [0.1, 0.15) is 11.4 Å². The van der Waals surface area contributed by atoms with Gasteiger partial charge in [-0.3, -0.25) is 4.79 Å². The van der Waals surface area contributed by atoms with Gasteiger partial charge in [-0.05, 0) is 63.3 Å². The maximum atomic E-state index is 13.7. The molecule has 0 bridgehead atoms. The van der Waals surface area contributed by atoms with Crippen LogP contribution in [0.15, 0.2) is 71.2 Å². The predicted molar refractivity (Wildman–Crippen MR) is 133 cm³/mol. The van der Waals surface area contributed by atoms with Crippen molar-refractivity contribution in [3.05, 3.63) is 87.3 Å². The Hall–Kier alpha value is -2.94. The first-order chi connectivity index (χ1) is 16.0. The number of aliphatic hydroxyl groups is 1. The van der Waals surface area contributed by atoms with Crippen LogP contribution in [0.4, 0.5) is 0 Å². The van der Waals surface area contributed by atoms with Crippen LogP contribution < -0.4 is 9.47 Å². The van der Waals surface area contributed by atoms with Gasteiger partial charge >= 0.3 is 0 Å². The molecule has 0 fully saturated rings. The molecule has 8 heteroatoms. The normalized spacial score (nSPS) is 11.9. The number of hydrogen-bond acceptors (Lipinski definition) is 6. The number of thiophene rings is 1. The highest BCUT2D eigenvalue weighted by Gasteiger charge is 2.29. The number of hydrogen-bond donors (Lipinski definition) is 1. The minimum Gasteiger partial charge on any atom is -0.497 e. The molecule has 33 heavy (non-hydrogen) atoms. The first-order valence-electron chi connectivity index (χ1n) is 10.3. The van der Waals surface area contributed by atoms with Crippen LogP contribution in [0.3, 0.4) is 0 Å². The van der Waals surface area contributed by atoms with Crippen molar-refractivity contribution < 1.29 is 19.4 Å². The van der Waals surface area contributed by atoms with Crippen molar-refractivity contribution in [1.29, 1.82) is 0 Å². The van der Waals surface area contributed by atoms with Crippen molar-refractivity contribution in [2.75, 3.05) is 20.8 Å². The molecule has 6 nitrogen and oxygen atoms in total. The average Bonchev–Trinajstić information content (AvgIpc) is 3.28. The third-order valence-electron chi connectivity index (χ3n) is 5.32. The molecule has 4 rings (SSSR count). The molecule has 0 radical (unpaired) electrons. The summed E-state index contributed by atoms with van der Waals surface area (Å²) in [4.78, 5) is 20.6. The second-order valence-electron chi connectivity index (χ2n) is 7.35. The average molecular weight is 527 g/mol. The van der Waals surface area contributed by atoms with Gasteiger partial charge in [0.2, 0.25) is 5.88 Å². The van der Waals surface area contributed by atoms with E-state index in [9.17, 15) is 9.90 Å². The zero-order valence-electron chi connectivity index (χ0n) is 18.2. The van der Waals surface area contributed by atoms with Crippen LogP contribution in [0.5, 0.6) is 11.6 Å². The maximum absolute atomic E-state index is 13.7. The zero-order valence-corrected chi connectivity index (χ0v) is 20.6. The minimum absolute atomic E-state index is 0.220. The van der Waals surface area contributed by atoms with Gasteiger partial charge in [0.15, 0.2) is 0 Å². The highest BCUT2D eigenvalue weighted by Crippen LogP contribution is 2.34. The summed E-state index contributed by atoms with van der Waals surface area (Å²) in [5.74, 6) is 0.764. The van der Waals surface area contributed by atoms with Gasteiger partial charge in [0, 0.05) is 16.1 Å². The van der Waals surface area contributed by atoms with Gasteiger partial charge in [-0.2, -0.15) is 0 Å². The number of fused-ring (bicyclic) bond motifs is 1. The van der Waals surface area contributed by atoms with Crippen molar-refractivity contribution in [3.63, 3.8) is 0 Å². The van der Waals surface area contributed by atoms with Crippen molar-refractivity contribution >= 4 is 43.3 Å². The summed E-state index contributed by atoms with van der Waals surface area (Å²) in [7, 11) is 3.12. The molecule has 0 aliphatic carbocycles. The molecule has 1 amide bonds. The van der Waals surface area contributed by atoms with Crippen LogP contribution in [0, 0.1) is 0 Å². The third kappa shape index (κ3) is 5.03. The lowest BCUT2D eigenvalue weighted by atomic mass is 10.1. The first kappa shape index (κ1) is 23.2. The molecule has 0 spiro atoms. The molecule has 2 aromatic carbocycles. The van der Waals surface area contributed by atoms with Crippen LogP contribution in [0.25, 0.3) is 10.1 Å². The summed E-state index contributed by atoms with van der Waals surface area (Å²) in [6.07, 6.45) is 0. The third-order valence-corrected chi connectivity index (χ3v) is 7.14. The fourth-order valence-electron chi connectivity index (χ4n) is 3.59. The van der Waals surface area contributed by atoms with Crippen molar-refractivity contribution in [1.82, 2.24) is 9.88 Å². The largest absolute Gasteiger partial charge is 0.497 e. The molecule has 170 valence electrons. The van der Waals surface area contributed by atoms with E-state index in [-0.39, 0.29) is 18.2 Å². The first-order valence-corrected chi connectivity index (χ1v) is 11.9. The van der Waals surface area contributed by atoms with Crippen LogP contribution >= 0.6 is 27.3 Å². The minimum atomic E-state index is -0.534. The number of nitrogens with zero attached hydrogens (tertiary/aromatic N) is 2. The number of aliphatic hydroxyl groups excluding tert-OH is 1. The molecule has 1 atom stereocenters. The Morgan fingerprint density at radius 3 is 2.52 bits per heavy atom. The van der Waals surface area contributed by atoms with E-state index < -0.39 is 6.04 Å². The Morgan fingerprint density at radius 1 is 1.09 bits per heavy atom. The summed E-state index contributed by atoms with van der Waals surface area (Å²) < 4.78 is 12.3. The summed E-state index contributed by atoms with van der Waals surface area (Å²) in [5, 5.41) is 11.5. The number of benzene rings is 2. The molecule has 1 unspecified atom stereocenters. The van der Waals surface area contributed by atoms with Crippen LogP contribution in [-0.2, 0) is 6.54 Å². The second-order valence-corrected chi connectivity index (χ2v) is 9.32. The molecule has 2 heterocycles. The van der Waals surface area contributed by atoms with Crippen LogP contribution in [0.2, 0.25) is 0 Å². The van der Waals surface area contributed by atoms with E-state index in [1.165, 1.54) is 7.11 Å². The number of ether oxygens (including phenoxy) is 2. The van der Waals surface area contributed by atoms with Gasteiger partial charge in [0.05, 0.1) is 31.3 Å². The fourth-order valence-corrected chi connectivity index (χ4v) is 5.14. The fraction of sp³-hybridized carbons (Fsp3) is 0.200. The molecule has 4 aromatic rings. The standard InChI is InChI=1S/C25H23BrN2O4S/c1-31-18-9-7-16(8-10-18)14-28(25(30)20-12-11-19(26)24(27-20)32-2)21(15-29)23-13-17-5-3-4-6-22(17)33-23/h3-13,21,29H,14-15H2,1-2H3. The number of carbonyl (C=O) groups excluding carboxylic acids is 1. The Labute approximate surface area is 204 Å². The van der Waals surface area contributed by atoms with Crippen molar-refractivity contribution in [3.8, 4) is 11.6 Å². The van der Waals surface area contributed by atoms with E-state index >= 15 is 0 Å². The smallest absolute Gasteiger partial charge is 0.273 e. The lowest BCUT2D eigenvalue weighted by Gasteiger charge is -2.30. The van der Waals surface area contributed by atoms with E-state index in [0.717, 1.165) is 26.3 Å². The topological polar surface area (TPSA) is 71.9 Å². The van der Waals surface area contributed by atoms with Gasteiger partial charge in [-0.15, -0.1) is 11.3 Å². The number of amides is 1. The zero-order chi connectivity index (χ0) is 23.4. The highest BCUT2D eigenvalue weighted by molar-refractivity contribution is 9.10. The summed E-state index contributed by atoms with van der Waals surface area (Å²) in [6, 6.07) is 20.4. The Balaban J connectivity index is 1.75. The van der Waals surface area contributed by atoms with E-state index in [1.54, 1.807) is 35.5 Å². The number of halogens is 1. The molecule has 0 aliphatic heterocycles. The highest BCUT2D eigenvalue weighted by atomic mass is 79.9. The Morgan fingerprint density at radius 2 is 1.85 bits per heavy atom. The molecule has 0 saturated carbocycles.